The first-order chi connectivity index (χ1) is 7.99. The fourth-order valence-corrected chi connectivity index (χ4v) is 2.09. The Balaban J connectivity index is 2.17. The van der Waals surface area contributed by atoms with Crippen LogP contribution >= 0.6 is 7.75 Å². The Morgan fingerprint density at radius 3 is 2.59 bits per heavy atom. The van der Waals surface area contributed by atoms with Crippen molar-refractivity contribution in [3.63, 3.8) is 0 Å². The molecule has 0 aromatic heterocycles. The predicted molar refractivity (Wildman–Crippen MR) is 68.7 cm³/mol. The van der Waals surface area contributed by atoms with Crippen LogP contribution in [0.15, 0.2) is 30.3 Å². The van der Waals surface area contributed by atoms with E-state index in [1.807, 2.05) is 18.2 Å². The van der Waals surface area contributed by atoms with Crippen molar-refractivity contribution in [1.82, 2.24) is 0 Å². The Kier molecular flexibility index (Phi) is 5.86. The molecule has 17 heavy (non-hydrogen) atoms. The highest BCUT2D eigenvalue weighted by atomic mass is 31.2. The topological polar surface area (TPSA) is 72.5 Å². The summed E-state index contributed by atoms with van der Waals surface area (Å²) in [4.78, 5) is 8.72. The van der Waals surface area contributed by atoms with Gasteiger partial charge in [-0.3, -0.25) is 4.52 Å². The maximum atomic E-state index is 10.6. The number of hydrogen-bond donors (Lipinski definition) is 2. The molecule has 1 aromatic carbocycles. The molecule has 5 heteroatoms. The van der Waals surface area contributed by atoms with E-state index in [-0.39, 0.29) is 6.61 Å². The van der Waals surface area contributed by atoms with Crippen LogP contribution in [-0.4, -0.2) is 11.5 Å². The van der Waals surface area contributed by atoms with Crippen molar-refractivity contribution in [1.29, 1.82) is 0 Å². The number of rotatable bonds is 7. The molecule has 0 aliphatic rings. The Bertz CT molecular complexity index is 363. The van der Waals surface area contributed by atoms with E-state index in [0.29, 0.717) is 5.92 Å². The van der Waals surface area contributed by atoms with Gasteiger partial charge in [-0.15, -0.1) is 0 Å². The van der Waals surface area contributed by atoms with Crippen LogP contribution in [0.1, 0.15) is 37.7 Å². The maximum Gasteiger partial charge on any atom is 0.400 e. The third kappa shape index (κ3) is 6.59. The lowest BCUT2D eigenvalue weighted by atomic mass is 9.96. The lowest BCUT2D eigenvalue weighted by Crippen LogP contribution is -2.01. The van der Waals surface area contributed by atoms with Crippen molar-refractivity contribution in [3.8, 4) is 0 Å². The van der Waals surface area contributed by atoms with Crippen LogP contribution in [0, 0.1) is 0 Å². The lowest BCUT2D eigenvalue weighted by molar-refractivity contribution is 0.253. The monoisotopic (exact) mass is 257 g/mol. The summed E-state index contributed by atoms with van der Waals surface area (Å²) in [6, 6.07) is 10.3. The summed E-state index contributed by atoms with van der Waals surface area (Å²) < 4.78 is 15.2. The molecule has 4 nitrogen and oxygen atoms in total. The Hall–Kier alpha value is -0.670. The molecule has 0 amide bonds. The molecule has 96 valence electrons. The standard InChI is InChI=1S/C12H20NO3P/c1-11(12-8-3-2-4-9-12)7-5-6-10-16-17(13,14)15/h2-4,8-9,11H,5-7,10H2,1H3,(H3,13,14,15). The number of benzene rings is 1. The molecule has 0 heterocycles. The van der Waals surface area contributed by atoms with E-state index in [9.17, 15) is 4.57 Å². The van der Waals surface area contributed by atoms with Crippen LogP contribution in [0.4, 0.5) is 0 Å². The molecule has 0 saturated carbocycles. The van der Waals surface area contributed by atoms with Gasteiger partial charge in [0.1, 0.15) is 0 Å². The smallest absolute Gasteiger partial charge is 0.313 e. The first kappa shape index (κ1) is 14.4. The summed E-state index contributed by atoms with van der Waals surface area (Å²) in [5.74, 6) is 0.495. The van der Waals surface area contributed by atoms with Gasteiger partial charge in [0.2, 0.25) is 0 Å². The zero-order valence-corrected chi connectivity index (χ0v) is 11.0. The van der Waals surface area contributed by atoms with Crippen LogP contribution in [-0.2, 0) is 9.09 Å². The van der Waals surface area contributed by atoms with E-state index in [0.717, 1.165) is 19.3 Å². The second kappa shape index (κ2) is 6.92. The van der Waals surface area contributed by atoms with Crippen molar-refractivity contribution in [2.24, 2.45) is 5.50 Å². The SMILES string of the molecule is CC(CCCCOP(N)(=O)O)c1ccccc1. The molecule has 2 unspecified atom stereocenters. The van der Waals surface area contributed by atoms with Crippen LogP contribution in [0.3, 0.4) is 0 Å². The second-order valence-corrected chi connectivity index (χ2v) is 5.59. The molecule has 0 saturated heterocycles. The normalized spacial score (nSPS) is 16.4. The molecule has 0 bridgehead atoms. The van der Waals surface area contributed by atoms with E-state index in [1.165, 1.54) is 5.56 Å². The van der Waals surface area contributed by atoms with Crippen LogP contribution in [0.25, 0.3) is 0 Å². The average molecular weight is 257 g/mol. The highest BCUT2D eigenvalue weighted by Gasteiger charge is 2.10. The summed E-state index contributed by atoms with van der Waals surface area (Å²) >= 11 is 0. The lowest BCUT2D eigenvalue weighted by Gasteiger charge is -2.11. The van der Waals surface area contributed by atoms with Gasteiger partial charge >= 0.3 is 7.75 Å². The molecule has 3 N–H and O–H groups in total. The summed E-state index contributed by atoms with van der Waals surface area (Å²) in [5, 5.41) is 0. The molecule has 0 radical (unpaired) electrons. The minimum absolute atomic E-state index is 0.242. The van der Waals surface area contributed by atoms with Crippen LogP contribution < -0.4 is 5.50 Å². The highest BCUT2D eigenvalue weighted by molar-refractivity contribution is 7.50. The fraction of sp³-hybridized carbons (Fsp3) is 0.500. The highest BCUT2D eigenvalue weighted by Crippen LogP contribution is 2.31. The average Bonchev–Trinajstić information content (AvgIpc) is 2.28. The summed E-state index contributed by atoms with van der Waals surface area (Å²) in [7, 11) is -3.79. The Labute approximate surface area is 102 Å². The van der Waals surface area contributed by atoms with E-state index in [4.69, 9.17) is 10.4 Å². The second-order valence-electron chi connectivity index (χ2n) is 4.20. The summed E-state index contributed by atoms with van der Waals surface area (Å²) in [5.41, 5.74) is 6.18. The molecule has 1 aromatic rings. The van der Waals surface area contributed by atoms with Gasteiger partial charge in [-0.1, -0.05) is 43.7 Å². The van der Waals surface area contributed by atoms with E-state index >= 15 is 0 Å². The molecular weight excluding hydrogens is 237 g/mol. The minimum atomic E-state index is -3.79. The van der Waals surface area contributed by atoms with E-state index < -0.39 is 7.75 Å². The van der Waals surface area contributed by atoms with Crippen LogP contribution in [0.2, 0.25) is 0 Å². The zero-order valence-electron chi connectivity index (χ0n) is 10.1. The molecule has 0 spiro atoms. The largest absolute Gasteiger partial charge is 0.400 e. The Morgan fingerprint density at radius 1 is 1.35 bits per heavy atom. The molecular formula is C12H20NO3P. The van der Waals surface area contributed by atoms with Crippen molar-refractivity contribution >= 4 is 7.75 Å². The van der Waals surface area contributed by atoms with Gasteiger partial charge in [0, 0.05) is 0 Å². The van der Waals surface area contributed by atoms with Gasteiger partial charge in [0.25, 0.3) is 0 Å². The van der Waals surface area contributed by atoms with Crippen molar-refractivity contribution in [2.45, 2.75) is 32.1 Å². The fourth-order valence-electron chi connectivity index (χ4n) is 1.70. The molecule has 0 aliphatic carbocycles. The van der Waals surface area contributed by atoms with E-state index in [2.05, 4.69) is 23.6 Å². The van der Waals surface area contributed by atoms with Gasteiger partial charge in [-0.05, 0) is 24.3 Å². The van der Waals surface area contributed by atoms with Gasteiger partial charge in [0.05, 0.1) is 6.61 Å². The predicted octanol–water partition coefficient (Wildman–Crippen LogP) is 3.04. The minimum Gasteiger partial charge on any atom is -0.313 e. The first-order valence-electron chi connectivity index (χ1n) is 5.80. The molecule has 1 rings (SSSR count). The summed E-state index contributed by atoms with van der Waals surface area (Å²) in [6.07, 6.45) is 2.74. The zero-order chi connectivity index (χ0) is 12.7. The Morgan fingerprint density at radius 2 is 2.00 bits per heavy atom. The van der Waals surface area contributed by atoms with Gasteiger partial charge < -0.3 is 4.89 Å². The molecule has 0 fully saturated rings. The quantitative estimate of drug-likeness (QED) is 0.581. The number of nitrogens with two attached hydrogens (primary N) is 1. The van der Waals surface area contributed by atoms with Gasteiger partial charge in [0.15, 0.2) is 0 Å². The van der Waals surface area contributed by atoms with Crippen molar-refractivity contribution in [3.05, 3.63) is 35.9 Å². The third-order valence-electron chi connectivity index (χ3n) is 2.68. The number of unbranched alkanes of at least 4 members (excludes halogenated alkanes) is 1. The number of hydrogen-bond acceptors (Lipinski definition) is 2. The van der Waals surface area contributed by atoms with E-state index in [1.54, 1.807) is 0 Å². The van der Waals surface area contributed by atoms with Gasteiger partial charge in [-0.2, -0.15) is 0 Å². The van der Waals surface area contributed by atoms with Crippen molar-refractivity contribution in [2.75, 3.05) is 6.61 Å². The molecule has 0 aliphatic heterocycles. The maximum absolute atomic E-state index is 10.6. The summed E-state index contributed by atoms with van der Waals surface area (Å²) in [6.45, 7) is 2.42. The molecule has 2 atom stereocenters. The third-order valence-corrected chi connectivity index (χ3v) is 3.23. The van der Waals surface area contributed by atoms with Crippen molar-refractivity contribution < 1.29 is 14.0 Å². The first-order valence-corrected chi connectivity index (χ1v) is 7.44. The van der Waals surface area contributed by atoms with Crippen LogP contribution in [0.5, 0.6) is 0 Å². The van der Waals surface area contributed by atoms with Gasteiger partial charge in [-0.25, -0.2) is 10.1 Å².